The molecule has 5 nitrogen and oxygen atoms in total. The summed E-state index contributed by atoms with van der Waals surface area (Å²) in [5, 5.41) is 4.71. The Labute approximate surface area is 215 Å². The van der Waals surface area contributed by atoms with Crippen molar-refractivity contribution in [2.24, 2.45) is 0 Å². The van der Waals surface area contributed by atoms with E-state index in [-0.39, 0.29) is 17.2 Å². The van der Waals surface area contributed by atoms with Gasteiger partial charge in [0.15, 0.2) is 5.16 Å². The van der Waals surface area contributed by atoms with Crippen LogP contribution in [0.2, 0.25) is 10.0 Å². The van der Waals surface area contributed by atoms with Gasteiger partial charge in [-0.3, -0.25) is 14.2 Å². The van der Waals surface area contributed by atoms with E-state index in [1.54, 1.807) is 34.1 Å². The Morgan fingerprint density at radius 2 is 1.82 bits per heavy atom. The van der Waals surface area contributed by atoms with Crippen molar-refractivity contribution >= 4 is 68.1 Å². The number of nitrogens with one attached hydrogen (secondary N) is 1. The Kier molecular flexibility index (Phi) is 6.71. The predicted octanol–water partition coefficient (Wildman–Crippen LogP) is 6.67. The first-order chi connectivity index (χ1) is 16.4. The summed E-state index contributed by atoms with van der Waals surface area (Å²) in [7, 11) is 0. The smallest absolute Gasteiger partial charge is 0.267 e. The van der Waals surface area contributed by atoms with Crippen LogP contribution in [0.1, 0.15) is 28.8 Å². The first-order valence-corrected chi connectivity index (χ1v) is 13.5. The molecule has 9 heteroatoms. The van der Waals surface area contributed by atoms with E-state index < -0.39 is 0 Å². The topological polar surface area (TPSA) is 64.0 Å². The largest absolute Gasteiger partial charge is 0.323 e. The Morgan fingerprint density at radius 3 is 2.56 bits per heavy atom. The van der Waals surface area contributed by atoms with E-state index in [9.17, 15) is 9.59 Å². The van der Waals surface area contributed by atoms with Crippen molar-refractivity contribution in [3.8, 4) is 5.69 Å². The zero-order valence-electron chi connectivity index (χ0n) is 18.4. The number of halogens is 2. The third-order valence-electron chi connectivity index (χ3n) is 5.81. The number of amides is 1. The van der Waals surface area contributed by atoms with Gasteiger partial charge in [-0.2, -0.15) is 0 Å². The zero-order chi connectivity index (χ0) is 23.8. The van der Waals surface area contributed by atoms with Crippen LogP contribution < -0.4 is 10.9 Å². The van der Waals surface area contributed by atoms with Crippen LogP contribution >= 0.6 is 46.3 Å². The number of hydrogen-bond acceptors (Lipinski definition) is 5. The summed E-state index contributed by atoms with van der Waals surface area (Å²) >= 11 is 15.2. The molecular formula is C25H21Cl2N3O2S2. The highest BCUT2D eigenvalue weighted by Crippen LogP contribution is 2.35. The summed E-state index contributed by atoms with van der Waals surface area (Å²) in [5.74, 6) is -0.230. The third kappa shape index (κ3) is 4.50. The lowest BCUT2D eigenvalue weighted by Gasteiger charge is -2.14. The number of fused-ring (bicyclic) bond motifs is 3. The second-order valence-corrected chi connectivity index (χ2v) is 11.0. The van der Waals surface area contributed by atoms with E-state index >= 15 is 0 Å². The van der Waals surface area contributed by atoms with Crippen LogP contribution in [-0.4, -0.2) is 21.2 Å². The van der Waals surface area contributed by atoms with Gasteiger partial charge in [0.05, 0.1) is 32.6 Å². The van der Waals surface area contributed by atoms with Crippen LogP contribution in [-0.2, 0) is 17.6 Å². The van der Waals surface area contributed by atoms with Gasteiger partial charge in [0.1, 0.15) is 4.83 Å². The number of carbonyl (C=O) groups is 1. The Balaban J connectivity index is 1.53. The van der Waals surface area contributed by atoms with Gasteiger partial charge < -0.3 is 5.32 Å². The molecule has 4 aromatic rings. The van der Waals surface area contributed by atoms with Crippen LogP contribution in [0.5, 0.6) is 0 Å². The molecule has 1 aliphatic rings. The van der Waals surface area contributed by atoms with Gasteiger partial charge in [-0.05, 0) is 62.4 Å². The number of aryl methyl sites for hydroxylation is 3. The summed E-state index contributed by atoms with van der Waals surface area (Å²) < 4.78 is 1.63. The molecule has 34 heavy (non-hydrogen) atoms. The van der Waals surface area contributed by atoms with Crippen molar-refractivity contribution in [1.82, 2.24) is 9.55 Å². The monoisotopic (exact) mass is 529 g/mol. The summed E-state index contributed by atoms with van der Waals surface area (Å²) in [6.07, 6.45) is 4.12. The van der Waals surface area contributed by atoms with E-state index in [0.29, 0.717) is 20.9 Å². The molecule has 2 heterocycles. The number of nitrogens with zero attached hydrogens (tertiary/aromatic N) is 2. The molecule has 0 fully saturated rings. The zero-order valence-corrected chi connectivity index (χ0v) is 21.5. The Hall–Kier alpha value is -2.32. The van der Waals surface area contributed by atoms with Gasteiger partial charge in [0, 0.05) is 4.88 Å². The highest BCUT2D eigenvalue weighted by Gasteiger charge is 2.23. The molecule has 0 atom stereocenters. The number of rotatable bonds is 5. The van der Waals surface area contributed by atoms with E-state index in [2.05, 4.69) is 5.32 Å². The van der Waals surface area contributed by atoms with E-state index in [0.717, 1.165) is 52.7 Å². The highest BCUT2D eigenvalue weighted by molar-refractivity contribution is 7.99. The van der Waals surface area contributed by atoms with E-state index in [1.807, 2.05) is 31.2 Å². The van der Waals surface area contributed by atoms with Crippen LogP contribution in [0.4, 0.5) is 5.69 Å². The summed E-state index contributed by atoms with van der Waals surface area (Å²) in [4.78, 5) is 33.4. The lowest BCUT2D eigenvalue weighted by Crippen LogP contribution is -2.23. The second-order valence-electron chi connectivity index (χ2n) is 8.20. The average Bonchev–Trinajstić information content (AvgIpc) is 3.20. The summed E-state index contributed by atoms with van der Waals surface area (Å²) in [6.45, 7) is 2.00. The minimum Gasteiger partial charge on any atom is -0.323 e. The molecule has 0 unspecified atom stereocenters. The van der Waals surface area contributed by atoms with Gasteiger partial charge in [-0.25, -0.2) is 4.98 Å². The lowest BCUT2D eigenvalue weighted by molar-refractivity contribution is -0.113. The number of thiophene rings is 1. The fourth-order valence-corrected chi connectivity index (χ4v) is 6.73. The molecule has 1 N–H and O–H groups in total. The number of thioether (sulfide) groups is 1. The second kappa shape index (κ2) is 9.74. The number of para-hydroxylation sites is 1. The van der Waals surface area contributed by atoms with Gasteiger partial charge in [-0.15, -0.1) is 11.3 Å². The number of aromatic nitrogens is 2. The molecule has 0 saturated heterocycles. The van der Waals surface area contributed by atoms with Crippen molar-refractivity contribution in [2.45, 2.75) is 37.8 Å². The fourth-order valence-electron chi connectivity index (χ4n) is 4.13. The van der Waals surface area contributed by atoms with E-state index in [4.69, 9.17) is 28.2 Å². The molecule has 2 aromatic carbocycles. The molecule has 0 aliphatic heterocycles. The maximum atomic E-state index is 13.8. The predicted molar refractivity (Wildman–Crippen MR) is 142 cm³/mol. The number of anilines is 1. The highest BCUT2D eigenvalue weighted by atomic mass is 35.5. The molecule has 2 aromatic heterocycles. The van der Waals surface area contributed by atoms with Crippen LogP contribution in [0.3, 0.4) is 0 Å². The van der Waals surface area contributed by atoms with Crippen molar-refractivity contribution in [3.05, 3.63) is 78.9 Å². The quantitative estimate of drug-likeness (QED) is 0.231. The molecule has 0 radical (unpaired) electrons. The number of hydrogen-bond donors (Lipinski definition) is 1. The molecule has 0 saturated carbocycles. The van der Waals surface area contributed by atoms with Gasteiger partial charge >= 0.3 is 0 Å². The normalized spacial score (nSPS) is 13.1. The third-order valence-corrected chi connectivity index (χ3v) is 8.56. The molecule has 0 spiro atoms. The fraction of sp³-hybridized carbons (Fsp3) is 0.240. The summed E-state index contributed by atoms with van der Waals surface area (Å²) in [6, 6.07) is 12.8. The van der Waals surface area contributed by atoms with Crippen molar-refractivity contribution in [1.29, 1.82) is 0 Å². The number of carbonyl (C=O) groups excluding carboxylic acids is 1. The maximum absolute atomic E-state index is 13.8. The van der Waals surface area contributed by atoms with Crippen molar-refractivity contribution in [3.63, 3.8) is 0 Å². The SMILES string of the molecule is Cc1ccc(-n2c(SCC(=O)Nc3c(Cl)cccc3Cl)nc3sc4c(c3c2=O)CCCC4)cc1. The summed E-state index contributed by atoms with van der Waals surface area (Å²) in [5.41, 5.74) is 3.28. The van der Waals surface area contributed by atoms with Crippen molar-refractivity contribution < 1.29 is 4.79 Å². The van der Waals surface area contributed by atoms with E-state index in [1.165, 1.54) is 16.6 Å². The van der Waals surface area contributed by atoms with Crippen LogP contribution in [0.15, 0.2) is 52.4 Å². The molecule has 5 rings (SSSR count). The first kappa shape index (κ1) is 23.4. The molecule has 0 bridgehead atoms. The lowest BCUT2D eigenvalue weighted by atomic mass is 9.97. The van der Waals surface area contributed by atoms with Crippen LogP contribution in [0, 0.1) is 6.92 Å². The average molecular weight is 531 g/mol. The number of benzene rings is 2. The van der Waals surface area contributed by atoms with Crippen LogP contribution in [0.25, 0.3) is 15.9 Å². The minimum absolute atomic E-state index is 0.0520. The maximum Gasteiger partial charge on any atom is 0.267 e. The first-order valence-electron chi connectivity index (χ1n) is 10.9. The minimum atomic E-state index is -0.282. The van der Waals surface area contributed by atoms with Gasteiger partial charge in [0.25, 0.3) is 5.56 Å². The van der Waals surface area contributed by atoms with Crippen molar-refractivity contribution in [2.75, 3.05) is 11.1 Å². The van der Waals surface area contributed by atoms with Gasteiger partial charge in [-0.1, -0.05) is 58.7 Å². The standard InChI is InChI=1S/C25H21Cl2N3O2S2/c1-14-9-11-15(12-10-14)30-24(32)21-16-5-2-3-8-19(16)34-23(21)29-25(30)33-13-20(31)28-22-17(26)6-4-7-18(22)27/h4,6-7,9-12H,2-3,5,8,13H2,1H3,(H,28,31). The Bertz CT molecular complexity index is 1440. The molecule has 1 amide bonds. The molecule has 174 valence electrons. The van der Waals surface area contributed by atoms with Gasteiger partial charge in [0.2, 0.25) is 5.91 Å². The Morgan fingerprint density at radius 1 is 1.12 bits per heavy atom. The molecular weight excluding hydrogens is 509 g/mol. The molecule has 1 aliphatic carbocycles.